The number of rotatable bonds is 35. The quantitative estimate of drug-likeness (QED) is 0.0588. The smallest absolute Gasteiger partial charge is 0.282 e. The zero-order valence-electron chi connectivity index (χ0n) is 30.0. The monoisotopic (exact) mass is 649 g/mol. The van der Waals surface area contributed by atoms with Gasteiger partial charge in [0, 0.05) is 0 Å². The number of unbranched alkanes of at least 4 members (excludes halogenated alkanes) is 32. The molecule has 0 atom stereocenters. The summed E-state index contributed by atoms with van der Waals surface area (Å²) in [5.41, 5.74) is 0.992. The molecule has 0 aliphatic rings. The zero-order chi connectivity index (χ0) is 32.5. The van der Waals surface area contributed by atoms with Gasteiger partial charge >= 0.3 is 0 Å². The van der Waals surface area contributed by atoms with Gasteiger partial charge in [-0.05, 0) is 30.5 Å². The SMILES string of the molecule is CCCCCCCCCCCCCCCCCCCCCCCCCCCCCCCCCCCc1cccc(S(=O)(=O)O)c1. The van der Waals surface area contributed by atoms with Crippen molar-refractivity contribution < 1.29 is 13.0 Å². The van der Waals surface area contributed by atoms with Crippen LogP contribution in [0.15, 0.2) is 29.2 Å². The lowest BCUT2D eigenvalue weighted by molar-refractivity contribution is 0.483. The van der Waals surface area contributed by atoms with Gasteiger partial charge in [-0.15, -0.1) is 0 Å². The van der Waals surface area contributed by atoms with Gasteiger partial charge in [-0.25, -0.2) is 0 Å². The topological polar surface area (TPSA) is 54.4 Å². The third-order valence-electron chi connectivity index (χ3n) is 9.77. The van der Waals surface area contributed by atoms with Gasteiger partial charge in [-0.3, -0.25) is 4.55 Å². The fourth-order valence-electron chi connectivity index (χ4n) is 6.74. The van der Waals surface area contributed by atoms with E-state index < -0.39 is 10.1 Å². The van der Waals surface area contributed by atoms with E-state index in [9.17, 15) is 13.0 Å². The zero-order valence-corrected chi connectivity index (χ0v) is 30.8. The number of hydrogen-bond donors (Lipinski definition) is 1. The van der Waals surface area contributed by atoms with Crippen LogP contribution in [-0.4, -0.2) is 13.0 Å². The molecule has 0 aliphatic heterocycles. The first-order valence-corrected chi connectivity index (χ1v) is 21.5. The van der Waals surface area contributed by atoms with Crippen molar-refractivity contribution in [3.63, 3.8) is 0 Å². The minimum Gasteiger partial charge on any atom is -0.282 e. The highest BCUT2D eigenvalue weighted by atomic mass is 32.2. The van der Waals surface area contributed by atoms with Crippen molar-refractivity contribution in [2.75, 3.05) is 0 Å². The van der Waals surface area contributed by atoms with Crippen LogP contribution in [0.2, 0.25) is 0 Å². The Morgan fingerprint density at radius 3 is 0.956 bits per heavy atom. The summed E-state index contributed by atoms with van der Waals surface area (Å²) in [7, 11) is -4.10. The molecular weight excluding hydrogens is 573 g/mol. The summed E-state index contributed by atoms with van der Waals surface area (Å²) in [5.74, 6) is 0. The number of hydrogen-bond acceptors (Lipinski definition) is 2. The Labute approximate surface area is 282 Å². The molecule has 0 fully saturated rings. The molecule has 1 rings (SSSR count). The standard InChI is InChI=1S/C41H76O3S/c1-2-3-4-5-6-7-8-9-10-11-12-13-14-15-16-17-18-19-20-21-22-23-24-25-26-27-28-29-30-31-32-33-34-36-40-37-35-38-41(39-40)45(42,43)44/h35,37-39H,2-34,36H2,1H3,(H,42,43,44). The second-order valence-corrected chi connectivity index (χ2v) is 15.6. The molecule has 1 aromatic rings. The normalized spacial score (nSPS) is 11.9. The molecule has 0 aliphatic carbocycles. The molecule has 264 valence electrons. The van der Waals surface area contributed by atoms with Crippen LogP contribution in [0.1, 0.15) is 224 Å². The predicted octanol–water partition coefficient (Wildman–Crippen LogP) is 14.4. The third kappa shape index (κ3) is 29.0. The van der Waals surface area contributed by atoms with E-state index in [1.807, 2.05) is 6.07 Å². The van der Waals surface area contributed by atoms with E-state index in [4.69, 9.17) is 0 Å². The predicted molar refractivity (Wildman–Crippen MR) is 198 cm³/mol. The maximum Gasteiger partial charge on any atom is 0.294 e. The average Bonchev–Trinajstić information content (AvgIpc) is 3.03. The van der Waals surface area contributed by atoms with Crippen LogP contribution in [0.4, 0.5) is 0 Å². The summed E-state index contributed by atoms with van der Waals surface area (Å²) in [6.45, 7) is 2.30. The Kier molecular flexibility index (Phi) is 29.7. The van der Waals surface area contributed by atoms with Crippen LogP contribution in [0.25, 0.3) is 0 Å². The molecule has 0 spiro atoms. The molecule has 45 heavy (non-hydrogen) atoms. The van der Waals surface area contributed by atoms with Crippen molar-refractivity contribution >= 4 is 10.1 Å². The molecule has 0 radical (unpaired) electrons. The van der Waals surface area contributed by atoms with Crippen molar-refractivity contribution in [1.82, 2.24) is 0 Å². The molecule has 3 nitrogen and oxygen atoms in total. The second-order valence-electron chi connectivity index (χ2n) is 14.2. The highest BCUT2D eigenvalue weighted by molar-refractivity contribution is 7.85. The summed E-state index contributed by atoms with van der Waals surface area (Å²) < 4.78 is 31.7. The minimum absolute atomic E-state index is 0.00559. The molecule has 0 saturated carbocycles. The Hall–Kier alpha value is -0.870. The van der Waals surface area contributed by atoms with Gasteiger partial charge in [0.05, 0.1) is 4.90 Å². The molecule has 1 aromatic carbocycles. The van der Waals surface area contributed by atoms with Crippen molar-refractivity contribution in [2.45, 2.75) is 230 Å². The van der Waals surface area contributed by atoms with Crippen molar-refractivity contribution in [2.24, 2.45) is 0 Å². The second kappa shape index (κ2) is 31.7. The van der Waals surface area contributed by atoms with E-state index in [0.29, 0.717) is 0 Å². The summed E-state index contributed by atoms with van der Waals surface area (Å²) in [4.78, 5) is 0.00559. The lowest BCUT2D eigenvalue weighted by Gasteiger charge is -2.05. The van der Waals surface area contributed by atoms with E-state index in [0.717, 1.165) is 18.4 Å². The maximum absolute atomic E-state index is 11.3. The van der Waals surface area contributed by atoms with Crippen LogP contribution in [0.3, 0.4) is 0 Å². The van der Waals surface area contributed by atoms with E-state index in [1.54, 1.807) is 12.1 Å². The summed E-state index contributed by atoms with van der Waals surface area (Å²) >= 11 is 0. The summed E-state index contributed by atoms with van der Waals surface area (Å²) in [6.07, 6.45) is 47.6. The van der Waals surface area contributed by atoms with E-state index in [1.165, 1.54) is 212 Å². The van der Waals surface area contributed by atoms with Crippen LogP contribution in [-0.2, 0) is 16.5 Å². The Morgan fingerprint density at radius 1 is 0.422 bits per heavy atom. The van der Waals surface area contributed by atoms with Gasteiger partial charge in [0.1, 0.15) is 0 Å². The highest BCUT2D eigenvalue weighted by Crippen LogP contribution is 2.18. The first kappa shape index (κ1) is 42.2. The summed E-state index contributed by atoms with van der Waals surface area (Å²) in [6, 6.07) is 6.70. The molecule has 0 bridgehead atoms. The molecule has 4 heteroatoms. The Morgan fingerprint density at radius 2 is 0.689 bits per heavy atom. The number of benzene rings is 1. The molecular formula is C41H76O3S. The van der Waals surface area contributed by atoms with Gasteiger partial charge in [-0.1, -0.05) is 225 Å². The molecule has 0 unspecified atom stereocenters. The van der Waals surface area contributed by atoms with Gasteiger partial charge in [-0.2, -0.15) is 8.42 Å². The molecule has 0 amide bonds. The Balaban J connectivity index is 1.68. The van der Waals surface area contributed by atoms with Crippen molar-refractivity contribution in [3.05, 3.63) is 29.8 Å². The third-order valence-corrected chi connectivity index (χ3v) is 10.6. The van der Waals surface area contributed by atoms with Crippen LogP contribution in [0, 0.1) is 0 Å². The van der Waals surface area contributed by atoms with E-state index >= 15 is 0 Å². The first-order valence-electron chi connectivity index (χ1n) is 20.1. The molecule has 0 heterocycles. The fourth-order valence-corrected chi connectivity index (χ4v) is 7.29. The lowest BCUT2D eigenvalue weighted by atomic mass is 10.0. The van der Waals surface area contributed by atoms with Crippen LogP contribution in [0.5, 0.6) is 0 Å². The molecule has 0 saturated heterocycles. The fraction of sp³-hybridized carbons (Fsp3) is 0.854. The molecule has 1 N–H and O–H groups in total. The first-order chi connectivity index (χ1) is 22.0. The van der Waals surface area contributed by atoms with E-state index in [2.05, 4.69) is 6.92 Å². The van der Waals surface area contributed by atoms with Crippen LogP contribution < -0.4 is 0 Å². The largest absolute Gasteiger partial charge is 0.294 e. The minimum atomic E-state index is -4.10. The van der Waals surface area contributed by atoms with Gasteiger partial charge < -0.3 is 0 Å². The van der Waals surface area contributed by atoms with E-state index in [-0.39, 0.29) is 4.90 Å². The lowest BCUT2D eigenvalue weighted by Crippen LogP contribution is -1.98. The number of aryl methyl sites for hydroxylation is 1. The maximum atomic E-state index is 11.3. The van der Waals surface area contributed by atoms with Crippen LogP contribution >= 0.6 is 0 Å². The van der Waals surface area contributed by atoms with Gasteiger partial charge in [0.2, 0.25) is 0 Å². The van der Waals surface area contributed by atoms with Crippen molar-refractivity contribution in [1.29, 1.82) is 0 Å². The van der Waals surface area contributed by atoms with Gasteiger partial charge in [0.15, 0.2) is 0 Å². The molecule has 0 aromatic heterocycles. The van der Waals surface area contributed by atoms with Crippen molar-refractivity contribution in [3.8, 4) is 0 Å². The highest BCUT2D eigenvalue weighted by Gasteiger charge is 2.09. The Bertz CT molecular complexity index is 850. The van der Waals surface area contributed by atoms with Gasteiger partial charge in [0.25, 0.3) is 10.1 Å². The summed E-state index contributed by atoms with van der Waals surface area (Å²) in [5, 5.41) is 0. The average molecular weight is 649 g/mol.